The summed E-state index contributed by atoms with van der Waals surface area (Å²) in [4.78, 5) is 11.9. The molecule has 1 heterocycles. The summed E-state index contributed by atoms with van der Waals surface area (Å²) in [5, 5.41) is 2.64. The summed E-state index contributed by atoms with van der Waals surface area (Å²) >= 11 is 7.96. The Hall–Kier alpha value is 0.0800. The van der Waals surface area contributed by atoms with Crippen molar-refractivity contribution < 1.29 is 13.2 Å². The quantitative estimate of drug-likeness (QED) is 0.817. The molecule has 4 nitrogen and oxygen atoms in total. The number of nitrogens with one attached hydrogen (secondary N) is 1. The van der Waals surface area contributed by atoms with Gasteiger partial charge in [-0.3, -0.25) is 4.79 Å². The molecular weight excluding hydrogens is 406 g/mol. The van der Waals surface area contributed by atoms with E-state index < -0.39 is 14.6 Å². The Morgan fingerprint density at radius 3 is 2.39 bits per heavy atom. The minimum absolute atomic E-state index is 0.0740. The zero-order valence-corrected chi connectivity index (χ0v) is 14.9. The van der Waals surface area contributed by atoms with Crippen LogP contribution in [0.25, 0.3) is 0 Å². The van der Waals surface area contributed by atoms with Crippen LogP contribution in [-0.4, -0.2) is 31.9 Å². The van der Waals surface area contributed by atoms with Gasteiger partial charge in [-0.25, -0.2) is 8.42 Å². The molecule has 0 spiro atoms. The summed E-state index contributed by atoms with van der Waals surface area (Å²) in [5.74, 6) is -0.291. The van der Waals surface area contributed by atoms with Crippen molar-refractivity contribution >= 4 is 58.9 Å². The number of sulfone groups is 1. The SMILES string of the molecule is CC(C)(CNC(=O)c1cc(Br)sc1Br)S(C)(=O)=O. The zero-order chi connectivity index (χ0) is 14.1. The summed E-state index contributed by atoms with van der Waals surface area (Å²) < 4.78 is 23.6. The number of hydrogen-bond acceptors (Lipinski definition) is 4. The molecule has 0 bridgehead atoms. The van der Waals surface area contributed by atoms with E-state index in [2.05, 4.69) is 37.2 Å². The second-order valence-electron chi connectivity index (χ2n) is 4.45. The van der Waals surface area contributed by atoms with Gasteiger partial charge in [-0.1, -0.05) is 0 Å². The molecule has 18 heavy (non-hydrogen) atoms. The summed E-state index contributed by atoms with van der Waals surface area (Å²) in [6.07, 6.45) is 1.16. The predicted octanol–water partition coefficient (Wildman–Crippen LogP) is 2.83. The second kappa shape index (κ2) is 5.60. The van der Waals surface area contributed by atoms with Crippen LogP contribution in [0, 0.1) is 0 Å². The van der Waals surface area contributed by atoms with Crippen LogP contribution in [0.4, 0.5) is 0 Å². The molecule has 0 radical (unpaired) electrons. The minimum atomic E-state index is -3.22. The highest BCUT2D eigenvalue weighted by Crippen LogP contribution is 2.31. The van der Waals surface area contributed by atoms with Gasteiger partial charge in [0.25, 0.3) is 5.91 Å². The van der Waals surface area contributed by atoms with Crippen LogP contribution in [0.5, 0.6) is 0 Å². The normalized spacial score (nSPS) is 12.5. The molecule has 1 amide bonds. The van der Waals surface area contributed by atoms with E-state index in [0.29, 0.717) is 9.35 Å². The van der Waals surface area contributed by atoms with Gasteiger partial charge in [-0.05, 0) is 51.8 Å². The first-order chi connectivity index (χ1) is 8.04. The molecule has 8 heteroatoms. The maximum atomic E-state index is 11.9. The summed E-state index contributed by atoms with van der Waals surface area (Å²) in [6.45, 7) is 3.24. The molecule has 1 aromatic rings. The average molecular weight is 419 g/mol. The Labute approximate surface area is 127 Å². The maximum Gasteiger partial charge on any atom is 0.253 e. The van der Waals surface area contributed by atoms with Crippen LogP contribution in [0.15, 0.2) is 13.6 Å². The summed E-state index contributed by atoms with van der Waals surface area (Å²) in [6, 6.07) is 1.69. The zero-order valence-electron chi connectivity index (χ0n) is 10.1. The second-order valence-corrected chi connectivity index (χ2v) is 10.9. The lowest BCUT2D eigenvalue weighted by Gasteiger charge is -2.22. The van der Waals surface area contributed by atoms with Crippen molar-refractivity contribution in [3.05, 3.63) is 19.2 Å². The van der Waals surface area contributed by atoms with E-state index in [-0.39, 0.29) is 12.5 Å². The van der Waals surface area contributed by atoms with E-state index in [1.54, 1.807) is 19.9 Å². The van der Waals surface area contributed by atoms with Crippen LogP contribution in [0.2, 0.25) is 0 Å². The third-order valence-electron chi connectivity index (χ3n) is 2.58. The van der Waals surface area contributed by atoms with E-state index in [0.717, 1.165) is 10.0 Å². The molecule has 0 aliphatic rings. The van der Waals surface area contributed by atoms with Gasteiger partial charge >= 0.3 is 0 Å². The highest BCUT2D eigenvalue weighted by Gasteiger charge is 2.30. The molecule has 0 aliphatic heterocycles. The molecule has 1 aromatic heterocycles. The van der Waals surface area contributed by atoms with Crippen molar-refractivity contribution in [3.8, 4) is 0 Å². The van der Waals surface area contributed by atoms with E-state index in [1.807, 2.05) is 0 Å². The van der Waals surface area contributed by atoms with E-state index in [4.69, 9.17) is 0 Å². The molecular formula is C10H13Br2NO3S2. The fourth-order valence-corrected chi connectivity index (χ4v) is 4.14. The monoisotopic (exact) mass is 417 g/mol. The molecule has 0 saturated carbocycles. The molecule has 1 rings (SSSR count). The Balaban J connectivity index is 2.77. The van der Waals surface area contributed by atoms with Crippen molar-refractivity contribution in [3.63, 3.8) is 0 Å². The van der Waals surface area contributed by atoms with Gasteiger partial charge in [-0.15, -0.1) is 11.3 Å². The van der Waals surface area contributed by atoms with Crippen LogP contribution in [0.3, 0.4) is 0 Å². The highest BCUT2D eigenvalue weighted by atomic mass is 79.9. The molecule has 102 valence electrons. The number of carbonyl (C=O) groups excluding carboxylic acids is 1. The van der Waals surface area contributed by atoms with Crippen molar-refractivity contribution in [1.82, 2.24) is 5.32 Å². The maximum absolute atomic E-state index is 11.9. The third kappa shape index (κ3) is 3.79. The van der Waals surface area contributed by atoms with Crippen molar-refractivity contribution in [2.24, 2.45) is 0 Å². The first-order valence-electron chi connectivity index (χ1n) is 4.97. The van der Waals surface area contributed by atoms with Crippen LogP contribution in [-0.2, 0) is 9.84 Å². The standard InChI is InChI=1S/C10H13Br2NO3S2/c1-10(2,18(3,15)16)5-13-9(14)6-4-7(11)17-8(6)12/h4H,5H2,1-3H3,(H,13,14). The lowest BCUT2D eigenvalue weighted by Crippen LogP contribution is -2.43. The largest absolute Gasteiger partial charge is 0.350 e. The van der Waals surface area contributed by atoms with Crippen LogP contribution in [0.1, 0.15) is 24.2 Å². The van der Waals surface area contributed by atoms with Gasteiger partial charge < -0.3 is 5.32 Å². The molecule has 0 atom stereocenters. The number of rotatable bonds is 4. The fraction of sp³-hybridized carbons (Fsp3) is 0.500. The molecule has 0 fully saturated rings. The minimum Gasteiger partial charge on any atom is -0.350 e. The van der Waals surface area contributed by atoms with Crippen molar-refractivity contribution in [1.29, 1.82) is 0 Å². The van der Waals surface area contributed by atoms with Gasteiger partial charge in [0.2, 0.25) is 0 Å². The lowest BCUT2D eigenvalue weighted by atomic mass is 10.2. The summed E-state index contributed by atoms with van der Waals surface area (Å²) in [5.41, 5.74) is 0.496. The van der Waals surface area contributed by atoms with E-state index in [9.17, 15) is 13.2 Å². The van der Waals surface area contributed by atoms with Crippen molar-refractivity contribution in [2.75, 3.05) is 12.8 Å². The lowest BCUT2D eigenvalue weighted by molar-refractivity contribution is 0.0950. The molecule has 0 aromatic carbocycles. The van der Waals surface area contributed by atoms with Crippen LogP contribution >= 0.6 is 43.2 Å². The number of carbonyl (C=O) groups is 1. The van der Waals surface area contributed by atoms with Gasteiger partial charge in [0.05, 0.1) is 17.9 Å². The number of halogens is 2. The summed E-state index contributed by atoms with van der Waals surface area (Å²) in [7, 11) is -3.22. The number of amides is 1. The Kier molecular flexibility index (Phi) is 5.02. The molecule has 1 N–H and O–H groups in total. The first kappa shape index (κ1) is 16.1. The predicted molar refractivity (Wildman–Crippen MR) is 81.0 cm³/mol. The molecule has 0 unspecified atom stereocenters. The van der Waals surface area contributed by atoms with Crippen molar-refractivity contribution in [2.45, 2.75) is 18.6 Å². The van der Waals surface area contributed by atoms with E-state index >= 15 is 0 Å². The van der Waals surface area contributed by atoms with Crippen LogP contribution < -0.4 is 5.32 Å². The van der Waals surface area contributed by atoms with Gasteiger partial charge in [0.15, 0.2) is 9.84 Å². The first-order valence-corrected chi connectivity index (χ1v) is 9.26. The Bertz CT molecular complexity index is 564. The smallest absolute Gasteiger partial charge is 0.253 e. The number of thiophene rings is 1. The Morgan fingerprint density at radius 1 is 1.44 bits per heavy atom. The average Bonchev–Trinajstić information content (AvgIpc) is 2.53. The van der Waals surface area contributed by atoms with E-state index in [1.165, 1.54) is 11.3 Å². The van der Waals surface area contributed by atoms with Gasteiger partial charge in [-0.2, -0.15) is 0 Å². The highest BCUT2D eigenvalue weighted by molar-refractivity contribution is 9.12. The third-order valence-corrected chi connectivity index (χ3v) is 7.07. The van der Waals surface area contributed by atoms with Gasteiger partial charge in [0.1, 0.15) is 0 Å². The number of hydrogen-bond donors (Lipinski definition) is 1. The van der Waals surface area contributed by atoms with Gasteiger partial charge in [0, 0.05) is 12.8 Å². The topological polar surface area (TPSA) is 63.2 Å². The fourth-order valence-electron chi connectivity index (χ4n) is 1.01. The molecule has 0 aliphatic carbocycles. The Morgan fingerprint density at radius 2 is 2.00 bits per heavy atom. The molecule has 0 saturated heterocycles.